The first-order valence-corrected chi connectivity index (χ1v) is 9.19. The second kappa shape index (κ2) is 12.0. The lowest BCUT2D eigenvalue weighted by Gasteiger charge is -2.35. The van der Waals surface area contributed by atoms with Crippen LogP contribution in [0, 0.1) is 0 Å². The van der Waals surface area contributed by atoms with Gasteiger partial charge in [0.25, 0.3) is 0 Å². The van der Waals surface area contributed by atoms with E-state index in [4.69, 9.17) is 0 Å². The fraction of sp³-hybridized carbons (Fsp3) is 0.611. The minimum absolute atomic E-state index is 0. The van der Waals surface area contributed by atoms with Gasteiger partial charge >= 0.3 is 0 Å². The molecule has 3 rings (SSSR count). The molecule has 1 atom stereocenters. The van der Waals surface area contributed by atoms with Crippen molar-refractivity contribution < 1.29 is 9.59 Å². The lowest BCUT2D eigenvalue weighted by atomic mass is 10.0. The summed E-state index contributed by atoms with van der Waals surface area (Å²) in [5.74, 6) is 1.09. The number of piperazine rings is 1. The van der Waals surface area contributed by atoms with Gasteiger partial charge in [0.15, 0.2) is 0 Å². The molecular formula is C18H29Cl2N5O2. The molecular weight excluding hydrogens is 389 g/mol. The van der Waals surface area contributed by atoms with E-state index >= 15 is 0 Å². The molecule has 2 amide bonds. The fourth-order valence-electron chi connectivity index (χ4n) is 3.38. The molecule has 3 heterocycles. The number of piperidine rings is 1. The number of carbonyl (C=O) groups is 2. The average molecular weight is 418 g/mol. The smallest absolute Gasteiger partial charge is 0.237 e. The average Bonchev–Trinajstić information content (AvgIpc) is 2.69. The molecule has 27 heavy (non-hydrogen) atoms. The van der Waals surface area contributed by atoms with Gasteiger partial charge in [0.2, 0.25) is 11.8 Å². The van der Waals surface area contributed by atoms with Gasteiger partial charge in [0, 0.05) is 45.3 Å². The fourth-order valence-corrected chi connectivity index (χ4v) is 3.38. The van der Waals surface area contributed by atoms with Crippen molar-refractivity contribution in [1.82, 2.24) is 20.5 Å². The summed E-state index contributed by atoms with van der Waals surface area (Å²) >= 11 is 0. The third kappa shape index (κ3) is 6.83. The zero-order valence-corrected chi connectivity index (χ0v) is 17.1. The van der Waals surface area contributed by atoms with Crippen LogP contribution in [0.2, 0.25) is 0 Å². The predicted molar refractivity (Wildman–Crippen MR) is 111 cm³/mol. The summed E-state index contributed by atoms with van der Waals surface area (Å²) in [5, 5.41) is 6.11. The van der Waals surface area contributed by atoms with E-state index in [-0.39, 0.29) is 42.7 Å². The summed E-state index contributed by atoms with van der Waals surface area (Å²) in [7, 11) is 0. The topological polar surface area (TPSA) is 77.6 Å². The number of nitrogens with one attached hydrogen (secondary N) is 2. The number of amides is 2. The molecule has 2 saturated heterocycles. The van der Waals surface area contributed by atoms with Gasteiger partial charge in [-0.1, -0.05) is 12.5 Å². The molecule has 1 aromatic heterocycles. The van der Waals surface area contributed by atoms with Crippen LogP contribution in [-0.2, 0) is 9.59 Å². The van der Waals surface area contributed by atoms with E-state index < -0.39 is 0 Å². The number of nitrogens with zero attached hydrogens (tertiary/aromatic N) is 3. The third-order valence-electron chi connectivity index (χ3n) is 4.87. The minimum atomic E-state index is -0.0919. The third-order valence-corrected chi connectivity index (χ3v) is 4.87. The van der Waals surface area contributed by atoms with Gasteiger partial charge in [-0.05, 0) is 31.5 Å². The Morgan fingerprint density at radius 3 is 2.56 bits per heavy atom. The summed E-state index contributed by atoms with van der Waals surface area (Å²) in [5.41, 5.74) is 0. The second-order valence-corrected chi connectivity index (χ2v) is 6.60. The predicted octanol–water partition coefficient (Wildman–Crippen LogP) is 1.22. The summed E-state index contributed by atoms with van der Waals surface area (Å²) in [6.45, 7) is 4.30. The molecule has 0 unspecified atom stereocenters. The highest BCUT2D eigenvalue weighted by atomic mass is 35.5. The highest BCUT2D eigenvalue weighted by molar-refractivity contribution is 5.85. The van der Waals surface area contributed by atoms with E-state index in [1.807, 2.05) is 23.1 Å². The van der Waals surface area contributed by atoms with Crippen molar-refractivity contribution in [3.63, 3.8) is 0 Å². The zero-order chi connectivity index (χ0) is 17.5. The largest absolute Gasteiger partial charge is 0.354 e. The molecule has 0 radical (unpaired) electrons. The van der Waals surface area contributed by atoms with Gasteiger partial charge in [0.05, 0.1) is 6.04 Å². The van der Waals surface area contributed by atoms with Crippen molar-refractivity contribution in [3.8, 4) is 0 Å². The zero-order valence-electron chi connectivity index (χ0n) is 15.4. The lowest BCUT2D eigenvalue weighted by molar-refractivity contribution is -0.131. The van der Waals surface area contributed by atoms with Gasteiger partial charge in [-0.25, -0.2) is 4.98 Å². The molecule has 2 N–H and O–H groups in total. The van der Waals surface area contributed by atoms with Gasteiger partial charge < -0.3 is 20.4 Å². The first-order valence-electron chi connectivity index (χ1n) is 9.19. The van der Waals surface area contributed by atoms with Crippen LogP contribution in [-0.4, -0.2) is 67.0 Å². The van der Waals surface area contributed by atoms with E-state index in [1.165, 1.54) is 0 Å². The van der Waals surface area contributed by atoms with Crippen molar-refractivity contribution in [2.24, 2.45) is 0 Å². The van der Waals surface area contributed by atoms with Crippen LogP contribution in [0.3, 0.4) is 0 Å². The maximum Gasteiger partial charge on any atom is 0.237 e. The maximum atomic E-state index is 12.3. The van der Waals surface area contributed by atoms with E-state index in [0.717, 1.165) is 44.7 Å². The van der Waals surface area contributed by atoms with Crippen LogP contribution in [0.4, 0.5) is 5.82 Å². The molecule has 2 aliphatic heterocycles. The summed E-state index contributed by atoms with van der Waals surface area (Å²) < 4.78 is 0. The maximum absolute atomic E-state index is 12.3. The van der Waals surface area contributed by atoms with E-state index in [2.05, 4.69) is 20.5 Å². The Balaban J connectivity index is 0.00000182. The van der Waals surface area contributed by atoms with E-state index in [0.29, 0.717) is 26.1 Å². The normalized spacial score (nSPS) is 19.5. The minimum Gasteiger partial charge on any atom is -0.354 e. The monoisotopic (exact) mass is 417 g/mol. The number of aromatic nitrogens is 1. The molecule has 0 aromatic carbocycles. The molecule has 7 nitrogen and oxygen atoms in total. The Morgan fingerprint density at radius 2 is 1.93 bits per heavy atom. The lowest BCUT2D eigenvalue weighted by Crippen LogP contribution is -2.50. The number of anilines is 1. The Morgan fingerprint density at radius 1 is 1.15 bits per heavy atom. The van der Waals surface area contributed by atoms with Gasteiger partial charge in [0.1, 0.15) is 5.82 Å². The van der Waals surface area contributed by atoms with Crippen LogP contribution < -0.4 is 15.5 Å². The summed E-state index contributed by atoms with van der Waals surface area (Å²) in [4.78, 5) is 32.8. The molecule has 0 saturated carbocycles. The summed E-state index contributed by atoms with van der Waals surface area (Å²) in [6, 6.07) is 5.78. The van der Waals surface area contributed by atoms with Gasteiger partial charge in [-0.15, -0.1) is 24.8 Å². The first-order chi connectivity index (χ1) is 12.2. The molecule has 1 aromatic rings. The Hall–Kier alpha value is -1.57. The van der Waals surface area contributed by atoms with Crippen molar-refractivity contribution in [3.05, 3.63) is 24.4 Å². The van der Waals surface area contributed by atoms with Gasteiger partial charge in [-0.2, -0.15) is 0 Å². The SMILES string of the molecule is Cl.Cl.O=C(NCCC(=O)N1CCN(c2ccccn2)CC1)[C@H]1CCCCN1. The Labute approximate surface area is 173 Å². The Kier molecular flexibility index (Phi) is 10.4. The molecule has 0 bridgehead atoms. The van der Waals surface area contributed by atoms with Crippen LogP contribution in [0.15, 0.2) is 24.4 Å². The van der Waals surface area contributed by atoms with Crippen molar-refractivity contribution in [1.29, 1.82) is 0 Å². The highest BCUT2D eigenvalue weighted by Crippen LogP contribution is 2.13. The number of rotatable bonds is 5. The molecule has 0 spiro atoms. The molecule has 152 valence electrons. The number of pyridine rings is 1. The van der Waals surface area contributed by atoms with Crippen LogP contribution >= 0.6 is 24.8 Å². The number of halogens is 2. The highest BCUT2D eigenvalue weighted by Gasteiger charge is 2.23. The van der Waals surface area contributed by atoms with Crippen LogP contribution in [0.1, 0.15) is 25.7 Å². The summed E-state index contributed by atoms with van der Waals surface area (Å²) in [6.07, 6.45) is 5.26. The number of hydrogen-bond acceptors (Lipinski definition) is 5. The van der Waals surface area contributed by atoms with Crippen molar-refractivity contribution in [2.75, 3.05) is 44.2 Å². The van der Waals surface area contributed by atoms with E-state index in [9.17, 15) is 9.59 Å². The van der Waals surface area contributed by atoms with Crippen LogP contribution in [0.5, 0.6) is 0 Å². The molecule has 9 heteroatoms. The molecule has 2 fully saturated rings. The second-order valence-electron chi connectivity index (χ2n) is 6.60. The standard InChI is InChI=1S/C18H27N5O2.2ClH/c24-17(7-10-21-18(25)15-5-1-3-8-19-15)23-13-11-22(12-14-23)16-6-2-4-9-20-16;;/h2,4,6,9,15,19H,1,3,5,7-8,10-14H2,(H,21,25);2*1H/t15-;;/m1../s1. The number of hydrogen-bond donors (Lipinski definition) is 2. The van der Waals surface area contributed by atoms with Gasteiger partial charge in [-0.3, -0.25) is 9.59 Å². The Bertz CT molecular complexity index is 576. The quantitative estimate of drug-likeness (QED) is 0.752. The first kappa shape index (κ1) is 23.5. The van der Waals surface area contributed by atoms with Crippen LogP contribution in [0.25, 0.3) is 0 Å². The van der Waals surface area contributed by atoms with E-state index in [1.54, 1.807) is 6.20 Å². The van der Waals surface area contributed by atoms with Crippen molar-refractivity contribution in [2.45, 2.75) is 31.7 Å². The molecule has 0 aliphatic carbocycles. The molecule has 2 aliphatic rings. The van der Waals surface area contributed by atoms with Crippen molar-refractivity contribution >= 4 is 42.4 Å². The number of carbonyl (C=O) groups excluding carboxylic acids is 2.